The summed E-state index contributed by atoms with van der Waals surface area (Å²) in [6.45, 7) is -0.351. The van der Waals surface area contributed by atoms with Gasteiger partial charge in [-0.25, -0.2) is 13.6 Å². The number of hydrogen-bond donors (Lipinski definition) is 3. The van der Waals surface area contributed by atoms with E-state index in [1.165, 1.54) is 0 Å². The fraction of sp³-hybridized carbons (Fsp3) is 0.400. The van der Waals surface area contributed by atoms with Gasteiger partial charge < -0.3 is 20.5 Å². The fourth-order valence-electron chi connectivity index (χ4n) is 4.97. The van der Waals surface area contributed by atoms with Crippen molar-refractivity contribution in [2.24, 2.45) is 11.8 Å². The number of aliphatic carboxylic acids is 1. The number of alkyl halides is 2. The number of carbonyl (C=O) groups is 3. The number of halogens is 2. The number of carbonyl (C=O) groups excluding carboxylic acids is 2. The molecule has 2 atom stereocenters. The molecule has 0 bridgehead atoms. The van der Waals surface area contributed by atoms with Gasteiger partial charge in [0, 0.05) is 12.5 Å². The van der Waals surface area contributed by atoms with Gasteiger partial charge in [-0.05, 0) is 35.1 Å². The highest BCUT2D eigenvalue weighted by molar-refractivity contribution is 5.86. The number of amides is 2. The predicted molar refractivity (Wildman–Crippen MR) is 117 cm³/mol. The third kappa shape index (κ3) is 3.99. The van der Waals surface area contributed by atoms with Crippen molar-refractivity contribution < 1.29 is 33.0 Å². The molecule has 0 heterocycles. The Bertz CT molecular complexity index is 1120. The molecule has 2 aromatic rings. The average molecular weight is 470 g/mol. The summed E-state index contributed by atoms with van der Waals surface area (Å²) >= 11 is 0. The number of rotatable bonds is 8. The van der Waals surface area contributed by atoms with Crippen LogP contribution in [0.1, 0.15) is 36.3 Å². The molecule has 3 N–H and O–H groups in total. The van der Waals surface area contributed by atoms with Crippen molar-refractivity contribution in [3.8, 4) is 11.1 Å². The Hall–Kier alpha value is -3.49. The lowest BCUT2D eigenvalue weighted by Crippen LogP contribution is -2.40. The maximum absolute atomic E-state index is 14.2. The van der Waals surface area contributed by atoms with Crippen LogP contribution in [-0.2, 0) is 14.3 Å². The van der Waals surface area contributed by atoms with Crippen LogP contribution in [0.2, 0.25) is 0 Å². The van der Waals surface area contributed by atoms with E-state index in [2.05, 4.69) is 10.6 Å². The van der Waals surface area contributed by atoms with Crippen LogP contribution >= 0.6 is 0 Å². The topological polar surface area (TPSA) is 105 Å². The average Bonchev–Trinajstić information content (AvgIpc) is 3.62. The van der Waals surface area contributed by atoms with E-state index < -0.39 is 47.8 Å². The van der Waals surface area contributed by atoms with Crippen LogP contribution in [0, 0.1) is 11.8 Å². The lowest BCUT2D eigenvalue weighted by Gasteiger charge is -2.15. The Labute approximate surface area is 194 Å². The molecule has 0 unspecified atom stereocenters. The number of nitrogens with one attached hydrogen (secondary N) is 2. The molecule has 2 fully saturated rings. The standard InChI is InChI=1S/C25H24F2N2O5/c26-25(27)19(21(25)22(32)29-24(9-10-24)11-20(30)31)12-28-23(33)34-13-18-16-7-3-1-5-14(16)15-6-2-4-8-17(15)18/h1-8,18-19,21H,9-13H2,(H,28,33)(H,29,32)(H,30,31)/t19-,21-/m0/s1. The van der Waals surface area contributed by atoms with Crippen LogP contribution in [0.3, 0.4) is 0 Å². The molecule has 9 heteroatoms. The third-order valence-electron chi connectivity index (χ3n) is 7.03. The number of ether oxygens (including phenoxy) is 1. The molecular formula is C25H24F2N2O5. The lowest BCUT2D eigenvalue weighted by molar-refractivity contribution is -0.138. The monoisotopic (exact) mass is 470 g/mol. The largest absolute Gasteiger partial charge is 0.481 e. The molecule has 2 amide bonds. The summed E-state index contributed by atoms with van der Waals surface area (Å²) in [5, 5.41) is 13.8. The first kappa shape index (κ1) is 22.3. The van der Waals surface area contributed by atoms with Gasteiger partial charge >= 0.3 is 12.1 Å². The molecule has 5 rings (SSSR count). The number of alkyl carbamates (subject to hydrolysis) is 1. The second-order valence-electron chi connectivity index (χ2n) is 9.31. The Morgan fingerprint density at radius 3 is 2.15 bits per heavy atom. The fourth-order valence-corrected chi connectivity index (χ4v) is 4.97. The van der Waals surface area contributed by atoms with Crippen molar-refractivity contribution in [1.82, 2.24) is 10.6 Å². The van der Waals surface area contributed by atoms with Gasteiger partial charge in [-0.2, -0.15) is 0 Å². The highest BCUT2D eigenvalue weighted by Crippen LogP contribution is 2.55. The van der Waals surface area contributed by atoms with E-state index in [1.807, 2.05) is 48.5 Å². The predicted octanol–water partition coefficient (Wildman–Crippen LogP) is 3.53. The van der Waals surface area contributed by atoms with Gasteiger partial charge in [-0.15, -0.1) is 0 Å². The number of carboxylic acids is 1. The summed E-state index contributed by atoms with van der Waals surface area (Å²) < 4.78 is 33.8. The SMILES string of the molecule is O=C(O)CC1(NC(=O)[C@@H]2[C@H](CNC(=O)OCC3c4ccccc4-c4ccccc43)C2(F)F)CC1. The Balaban J connectivity index is 1.15. The number of hydrogen-bond acceptors (Lipinski definition) is 4. The first-order chi connectivity index (χ1) is 16.2. The number of benzene rings is 2. The van der Waals surface area contributed by atoms with Crippen LogP contribution in [0.4, 0.5) is 13.6 Å². The van der Waals surface area contributed by atoms with Crippen molar-refractivity contribution in [3.63, 3.8) is 0 Å². The molecule has 0 radical (unpaired) electrons. The van der Waals surface area contributed by atoms with Crippen molar-refractivity contribution in [3.05, 3.63) is 59.7 Å². The van der Waals surface area contributed by atoms with Gasteiger partial charge in [0.1, 0.15) is 12.5 Å². The quantitative estimate of drug-likeness (QED) is 0.548. The van der Waals surface area contributed by atoms with Crippen LogP contribution in [0.15, 0.2) is 48.5 Å². The summed E-state index contributed by atoms with van der Waals surface area (Å²) in [6, 6.07) is 15.7. The lowest BCUT2D eigenvalue weighted by atomic mass is 9.98. The van der Waals surface area contributed by atoms with Crippen molar-refractivity contribution in [2.45, 2.75) is 36.6 Å². The molecule has 0 spiro atoms. The van der Waals surface area contributed by atoms with Crippen LogP contribution < -0.4 is 10.6 Å². The van der Waals surface area contributed by atoms with Crippen molar-refractivity contribution >= 4 is 18.0 Å². The molecular weight excluding hydrogens is 446 g/mol. The Morgan fingerprint density at radius 1 is 1.00 bits per heavy atom. The normalized spacial score (nSPS) is 22.8. The Morgan fingerprint density at radius 2 is 1.59 bits per heavy atom. The van der Waals surface area contributed by atoms with Crippen LogP contribution in [0.25, 0.3) is 11.1 Å². The van der Waals surface area contributed by atoms with E-state index in [0.717, 1.165) is 22.3 Å². The molecule has 0 saturated heterocycles. The van der Waals surface area contributed by atoms with Crippen molar-refractivity contribution in [1.29, 1.82) is 0 Å². The second-order valence-corrected chi connectivity index (χ2v) is 9.31. The van der Waals surface area contributed by atoms with Gasteiger partial charge in [0.15, 0.2) is 0 Å². The van der Waals surface area contributed by atoms with Gasteiger partial charge in [0.2, 0.25) is 5.91 Å². The first-order valence-corrected chi connectivity index (χ1v) is 11.2. The number of fused-ring (bicyclic) bond motifs is 3. The Kier molecular flexibility index (Phi) is 5.30. The smallest absolute Gasteiger partial charge is 0.407 e. The summed E-state index contributed by atoms with van der Waals surface area (Å²) in [7, 11) is 0. The van der Waals surface area contributed by atoms with Gasteiger partial charge in [-0.3, -0.25) is 9.59 Å². The zero-order chi connectivity index (χ0) is 24.1. The second kappa shape index (κ2) is 8.07. The molecule has 7 nitrogen and oxygen atoms in total. The summed E-state index contributed by atoms with van der Waals surface area (Å²) in [5.74, 6) is -8.32. The first-order valence-electron chi connectivity index (χ1n) is 11.2. The van der Waals surface area contributed by atoms with E-state index in [0.29, 0.717) is 12.8 Å². The third-order valence-corrected chi connectivity index (χ3v) is 7.03. The van der Waals surface area contributed by atoms with E-state index in [4.69, 9.17) is 9.84 Å². The zero-order valence-electron chi connectivity index (χ0n) is 18.2. The molecule has 34 heavy (non-hydrogen) atoms. The van der Waals surface area contributed by atoms with Crippen LogP contribution in [-0.4, -0.2) is 47.7 Å². The minimum Gasteiger partial charge on any atom is -0.481 e. The van der Waals surface area contributed by atoms with Gasteiger partial charge in [0.25, 0.3) is 5.92 Å². The molecule has 2 aromatic carbocycles. The molecule has 2 saturated carbocycles. The molecule has 0 aromatic heterocycles. The molecule has 0 aliphatic heterocycles. The molecule has 3 aliphatic rings. The summed E-state index contributed by atoms with van der Waals surface area (Å²) in [4.78, 5) is 35.5. The number of carboxylic acid groups (broad SMARTS) is 1. The van der Waals surface area contributed by atoms with Crippen LogP contribution in [0.5, 0.6) is 0 Å². The maximum Gasteiger partial charge on any atom is 0.407 e. The van der Waals surface area contributed by atoms with E-state index in [-0.39, 0.29) is 18.9 Å². The van der Waals surface area contributed by atoms with E-state index >= 15 is 0 Å². The van der Waals surface area contributed by atoms with Gasteiger partial charge in [-0.1, -0.05) is 48.5 Å². The summed E-state index contributed by atoms with van der Waals surface area (Å²) in [6.07, 6.45) is -0.217. The summed E-state index contributed by atoms with van der Waals surface area (Å²) in [5.41, 5.74) is 3.31. The zero-order valence-corrected chi connectivity index (χ0v) is 18.2. The van der Waals surface area contributed by atoms with E-state index in [1.54, 1.807) is 0 Å². The molecule has 178 valence electrons. The minimum absolute atomic E-state index is 0.0581. The van der Waals surface area contributed by atoms with Gasteiger partial charge in [0.05, 0.1) is 17.9 Å². The minimum atomic E-state index is -3.26. The highest BCUT2D eigenvalue weighted by Gasteiger charge is 2.72. The van der Waals surface area contributed by atoms with E-state index in [9.17, 15) is 23.2 Å². The van der Waals surface area contributed by atoms with Crippen molar-refractivity contribution in [2.75, 3.05) is 13.2 Å². The maximum atomic E-state index is 14.2. The molecule has 3 aliphatic carbocycles. The highest BCUT2D eigenvalue weighted by atomic mass is 19.3.